The summed E-state index contributed by atoms with van der Waals surface area (Å²) in [6.07, 6.45) is 3.61. The van der Waals surface area contributed by atoms with Crippen molar-refractivity contribution in [2.24, 2.45) is 0 Å². The molecule has 190 valence electrons. The Hall–Kier alpha value is -3.73. The number of likely N-dealkylation sites (N-methyl/N-ethyl adjacent to an activating group) is 1. The Labute approximate surface area is 212 Å². The Kier molecular flexibility index (Phi) is 7.11. The number of ether oxygens (including phenoxy) is 1. The van der Waals surface area contributed by atoms with Crippen molar-refractivity contribution in [1.82, 2.24) is 29.0 Å². The van der Waals surface area contributed by atoms with Crippen LogP contribution in [-0.4, -0.2) is 55.1 Å². The van der Waals surface area contributed by atoms with E-state index < -0.39 is 17.3 Å². The summed E-state index contributed by atoms with van der Waals surface area (Å²) < 4.78 is 8.13. The maximum absolute atomic E-state index is 13.8. The van der Waals surface area contributed by atoms with Crippen molar-refractivity contribution < 1.29 is 9.53 Å². The maximum Gasteiger partial charge on any atom is 0.332 e. The van der Waals surface area contributed by atoms with Crippen LogP contribution in [0.2, 0.25) is 0 Å². The van der Waals surface area contributed by atoms with Gasteiger partial charge in [-0.15, -0.1) is 4.80 Å². The van der Waals surface area contributed by atoms with E-state index in [0.29, 0.717) is 33.7 Å². The van der Waals surface area contributed by atoms with Crippen LogP contribution in [-0.2, 0) is 17.8 Å². The Morgan fingerprint density at radius 2 is 1.81 bits per heavy atom. The summed E-state index contributed by atoms with van der Waals surface area (Å²) in [7, 11) is 3.28. The number of hydrogen-bond acceptors (Lipinski definition) is 7. The fourth-order valence-electron chi connectivity index (χ4n) is 4.20. The van der Waals surface area contributed by atoms with E-state index in [1.54, 1.807) is 42.9 Å². The number of thiophene rings is 1. The van der Waals surface area contributed by atoms with E-state index in [1.165, 1.54) is 16.1 Å². The minimum atomic E-state index is -0.968. The summed E-state index contributed by atoms with van der Waals surface area (Å²) in [6.45, 7) is 7.47. The number of carbonyl (C=O) groups is 1. The van der Waals surface area contributed by atoms with Gasteiger partial charge < -0.3 is 9.64 Å². The zero-order valence-electron chi connectivity index (χ0n) is 21.3. The second kappa shape index (κ2) is 10.1. The number of amides is 1. The molecule has 11 heteroatoms. The minimum absolute atomic E-state index is 0.0764. The van der Waals surface area contributed by atoms with Crippen molar-refractivity contribution in [3.8, 4) is 10.8 Å². The molecule has 3 heterocycles. The summed E-state index contributed by atoms with van der Waals surface area (Å²) in [4.78, 5) is 44.2. The van der Waals surface area contributed by atoms with Gasteiger partial charge in [0.15, 0.2) is 0 Å². The molecule has 10 nitrogen and oxygen atoms in total. The Balaban J connectivity index is 1.93. The van der Waals surface area contributed by atoms with E-state index in [-0.39, 0.29) is 11.9 Å². The summed E-state index contributed by atoms with van der Waals surface area (Å²) in [5.41, 5.74) is 0.576. The standard InChI is InChI=1S/C25H30N6O4S/c1-15(2)28(5)21(32)17(4)30-22(33)20-16(3)23(31-26-12-13-27-31)36-24(20)29(25(30)34)14-11-18-9-7-8-10-19(18)35-6/h7-10,12-13,15,17H,11,14H2,1-6H3/t17-/m1/s1. The molecule has 0 saturated heterocycles. The van der Waals surface area contributed by atoms with E-state index in [2.05, 4.69) is 10.2 Å². The number of aromatic nitrogens is 5. The number of hydrogen-bond donors (Lipinski definition) is 0. The van der Waals surface area contributed by atoms with Gasteiger partial charge in [0.2, 0.25) is 5.91 Å². The van der Waals surface area contributed by atoms with Crippen LogP contribution in [0.25, 0.3) is 15.2 Å². The van der Waals surface area contributed by atoms with E-state index in [4.69, 9.17) is 4.74 Å². The second-order valence-electron chi connectivity index (χ2n) is 8.92. The van der Waals surface area contributed by atoms with Gasteiger partial charge in [-0.2, -0.15) is 10.2 Å². The number of aryl methyl sites for hydroxylation is 3. The van der Waals surface area contributed by atoms with Gasteiger partial charge in [0.05, 0.1) is 24.9 Å². The topological polar surface area (TPSA) is 104 Å². The third-order valence-corrected chi connectivity index (χ3v) is 7.76. The van der Waals surface area contributed by atoms with E-state index in [9.17, 15) is 14.4 Å². The van der Waals surface area contributed by atoms with Gasteiger partial charge in [0.25, 0.3) is 5.56 Å². The van der Waals surface area contributed by atoms with Gasteiger partial charge in [-0.05, 0) is 45.7 Å². The fraction of sp³-hybridized carbons (Fsp3) is 0.400. The van der Waals surface area contributed by atoms with E-state index in [0.717, 1.165) is 15.9 Å². The Morgan fingerprint density at radius 3 is 2.44 bits per heavy atom. The number of nitrogens with zero attached hydrogens (tertiary/aromatic N) is 6. The van der Waals surface area contributed by atoms with Crippen LogP contribution in [0.4, 0.5) is 0 Å². The molecule has 4 aromatic rings. The van der Waals surface area contributed by atoms with Crippen LogP contribution in [0.15, 0.2) is 46.2 Å². The zero-order chi connectivity index (χ0) is 26.1. The molecule has 0 bridgehead atoms. The molecule has 0 aliphatic heterocycles. The SMILES string of the molecule is COc1ccccc1CCn1c(=O)n([C@H](C)C(=O)N(C)C(C)C)c(=O)c2c(C)c(-n3nccn3)sc21. The number of methoxy groups -OCH3 is 1. The molecule has 0 fully saturated rings. The van der Waals surface area contributed by atoms with Gasteiger partial charge in [-0.25, -0.2) is 9.36 Å². The fourth-order valence-corrected chi connectivity index (χ4v) is 5.44. The third kappa shape index (κ3) is 4.34. The van der Waals surface area contributed by atoms with Crippen LogP contribution < -0.4 is 16.0 Å². The molecule has 4 rings (SSSR count). The van der Waals surface area contributed by atoms with Gasteiger partial charge in [0.1, 0.15) is 21.6 Å². The smallest absolute Gasteiger partial charge is 0.332 e. The van der Waals surface area contributed by atoms with Crippen molar-refractivity contribution in [2.75, 3.05) is 14.2 Å². The molecule has 36 heavy (non-hydrogen) atoms. The number of para-hydroxylation sites is 1. The summed E-state index contributed by atoms with van der Waals surface area (Å²) in [6, 6.07) is 6.57. The first kappa shape index (κ1) is 25.4. The number of fused-ring (bicyclic) bond motifs is 1. The van der Waals surface area contributed by atoms with Gasteiger partial charge in [0, 0.05) is 25.2 Å². The predicted octanol–water partition coefficient (Wildman–Crippen LogP) is 2.79. The van der Waals surface area contributed by atoms with Gasteiger partial charge >= 0.3 is 5.69 Å². The summed E-state index contributed by atoms with van der Waals surface area (Å²) >= 11 is 1.28. The molecule has 0 saturated carbocycles. The van der Waals surface area contributed by atoms with Crippen molar-refractivity contribution >= 4 is 27.5 Å². The van der Waals surface area contributed by atoms with Crippen molar-refractivity contribution in [1.29, 1.82) is 0 Å². The van der Waals surface area contributed by atoms with Gasteiger partial charge in [-0.1, -0.05) is 29.5 Å². The molecule has 0 unspecified atom stereocenters. The largest absolute Gasteiger partial charge is 0.496 e. The molecule has 1 atom stereocenters. The molecular weight excluding hydrogens is 480 g/mol. The lowest BCUT2D eigenvalue weighted by molar-refractivity contribution is -0.134. The maximum atomic E-state index is 13.8. The predicted molar refractivity (Wildman–Crippen MR) is 139 cm³/mol. The Morgan fingerprint density at radius 1 is 1.14 bits per heavy atom. The molecule has 0 N–H and O–H groups in total. The highest BCUT2D eigenvalue weighted by atomic mass is 32.1. The first-order valence-electron chi connectivity index (χ1n) is 11.7. The average molecular weight is 511 g/mol. The lowest BCUT2D eigenvalue weighted by Gasteiger charge is -2.26. The number of carbonyl (C=O) groups excluding carboxylic acids is 1. The molecule has 1 aromatic carbocycles. The van der Waals surface area contributed by atoms with E-state index in [1.807, 2.05) is 45.0 Å². The van der Waals surface area contributed by atoms with Crippen LogP contribution >= 0.6 is 11.3 Å². The second-order valence-corrected chi connectivity index (χ2v) is 9.90. The molecule has 3 aromatic heterocycles. The van der Waals surface area contributed by atoms with Crippen LogP contribution in [0.1, 0.15) is 37.9 Å². The lowest BCUT2D eigenvalue weighted by Crippen LogP contribution is -2.47. The molecule has 0 spiro atoms. The van der Waals surface area contributed by atoms with Crippen LogP contribution in [0.3, 0.4) is 0 Å². The van der Waals surface area contributed by atoms with Crippen molar-refractivity contribution in [3.63, 3.8) is 0 Å². The highest BCUT2D eigenvalue weighted by molar-refractivity contribution is 7.21. The van der Waals surface area contributed by atoms with Crippen molar-refractivity contribution in [3.05, 3.63) is 68.6 Å². The summed E-state index contributed by atoms with van der Waals surface area (Å²) in [5, 5.41) is 9.46. The normalized spacial score (nSPS) is 12.3. The Bertz CT molecular complexity index is 1520. The number of rotatable bonds is 8. The highest BCUT2D eigenvalue weighted by Crippen LogP contribution is 2.31. The third-order valence-electron chi connectivity index (χ3n) is 6.48. The quantitative estimate of drug-likeness (QED) is 0.361. The highest BCUT2D eigenvalue weighted by Gasteiger charge is 2.28. The minimum Gasteiger partial charge on any atom is -0.496 e. The zero-order valence-corrected chi connectivity index (χ0v) is 22.1. The van der Waals surface area contributed by atoms with Crippen molar-refractivity contribution in [2.45, 2.75) is 52.7 Å². The molecule has 0 aliphatic rings. The molecule has 1 amide bonds. The van der Waals surface area contributed by atoms with E-state index >= 15 is 0 Å². The lowest BCUT2D eigenvalue weighted by atomic mass is 10.1. The van der Waals surface area contributed by atoms with Crippen LogP contribution in [0, 0.1) is 6.92 Å². The first-order chi connectivity index (χ1) is 17.2. The first-order valence-corrected chi connectivity index (χ1v) is 12.5. The average Bonchev–Trinajstić information content (AvgIpc) is 3.51. The molecular formula is C25H30N6O4S. The van der Waals surface area contributed by atoms with Crippen LogP contribution in [0.5, 0.6) is 5.75 Å². The van der Waals surface area contributed by atoms with Gasteiger partial charge in [-0.3, -0.25) is 14.2 Å². The molecule has 0 aliphatic carbocycles. The number of benzene rings is 1. The summed E-state index contributed by atoms with van der Waals surface area (Å²) in [5.74, 6) is 0.419. The molecule has 0 radical (unpaired) electrons. The monoisotopic (exact) mass is 510 g/mol.